The number of methoxy groups -OCH3 is 4. The number of rotatable bonds is 22. The predicted molar refractivity (Wildman–Crippen MR) is 268 cm³/mol. The van der Waals surface area contributed by atoms with Crippen molar-refractivity contribution in [2.75, 3.05) is 89.7 Å². The molecule has 3 heterocycles. The molecule has 1 N–H and O–H groups in total. The number of fused-ring (bicyclic) bond motifs is 6. The molecule has 366 valence electrons. The van der Waals surface area contributed by atoms with Crippen LogP contribution in [-0.2, 0) is 49.8 Å². The van der Waals surface area contributed by atoms with Gasteiger partial charge in [0, 0.05) is 74.7 Å². The van der Waals surface area contributed by atoms with E-state index in [0.717, 1.165) is 39.3 Å². The molecule has 0 bridgehead atoms. The van der Waals surface area contributed by atoms with Gasteiger partial charge in [-0.05, 0) is 84.0 Å². The minimum absolute atomic E-state index is 0.102. The summed E-state index contributed by atoms with van der Waals surface area (Å²) in [6, 6.07) is 28.3. The Hall–Kier alpha value is -7.27. The second-order valence-electron chi connectivity index (χ2n) is 16.8. The van der Waals surface area contributed by atoms with Crippen LogP contribution in [0.2, 0.25) is 0 Å². The van der Waals surface area contributed by atoms with Crippen molar-refractivity contribution < 1.29 is 52.3 Å². The molecule has 16 nitrogen and oxygen atoms in total. The zero-order valence-electron chi connectivity index (χ0n) is 40.1. The molecular weight excluding hydrogens is 895 g/mol. The highest BCUT2D eigenvalue weighted by molar-refractivity contribution is 6.15. The van der Waals surface area contributed by atoms with Crippen LogP contribution >= 0.6 is 0 Å². The van der Waals surface area contributed by atoms with Gasteiger partial charge in [-0.25, -0.2) is 0 Å². The third-order valence-electron chi connectivity index (χ3n) is 12.2. The number of ether oxygens (including phenoxy) is 8. The lowest BCUT2D eigenvalue weighted by atomic mass is 10.1. The highest BCUT2D eigenvalue weighted by atomic mass is 16.5. The Labute approximate surface area is 408 Å². The normalized spacial score (nSPS) is 15.0. The Morgan fingerprint density at radius 3 is 2.09 bits per heavy atom. The number of hydrogen-bond acceptors (Lipinski definition) is 14. The van der Waals surface area contributed by atoms with Crippen molar-refractivity contribution >= 4 is 58.6 Å². The van der Waals surface area contributed by atoms with Crippen LogP contribution in [0.3, 0.4) is 0 Å². The molecule has 0 spiro atoms. The molecule has 0 fully saturated rings. The van der Waals surface area contributed by atoms with Crippen LogP contribution in [0.1, 0.15) is 62.2 Å². The second-order valence-corrected chi connectivity index (χ2v) is 16.8. The van der Waals surface area contributed by atoms with E-state index in [1.807, 2.05) is 79.2 Å². The molecule has 0 saturated carbocycles. The summed E-state index contributed by atoms with van der Waals surface area (Å²) in [5.74, 6) is 0.799. The number of esters is 1. The average molecular weight is 954 g/mol. The number of aryl methyl sites for hydroxylation is 1. The van der Waals surface area contributed by atoms with E-state index >= 15 is 0 Å². The van der Waals surface area contributed by atoms with Gasteiger partial charge < -0.3 is 48.1 Å². The Morgan fingerprint density at radius 2 is 1.37 bits per heavy atom. The van der Waals surface area contributed by atoms with E-state index in [1.165, 1.54) is 14.2 Å². The maximum absolute atomic E-state index is 14.1. The molecule has 0 aromatic heterocycles. The van der Waals surface area contributed by atoms with Crippen LogP contribution in [0.15, 0.2) is 101 Å². The van der Waals surface area contributed by atoms with E-state index in [2.05, 4.69) is 10.2 Å². The molecule has 3 aliphatic heterocycles. The average Bonchev–Trinajstić information content (AvgIpc) is 3.70. The lowest BCUT2D eigenvalue weighted by molar-refractivity contribution is -0.140. The van der Waals surface area contributed by atoms with Crippen molar-refractivity contribution in [3.8, 4) is 23.0 Å². The summed E-state index contributed by atoms with van der Waals surface area (Å²) in [5.41, 5.74) is 7.89. The van der Waals surface area contributed by atoms with E-state index in [9.17, 15) is 14.4 Å². The molecule has 16 heteroatoms. The van der Waals surface area contributed by atoms with E-state index in [-0.39, 0.29) is 43.5 Å². The number of carbonyl (C=O) groups excluding carboxylic acids is 3. The largest absolute Gasteiger partial charge is 0.493 e. The first-order chi connectivity index (χ1) is 34.3. The van der Waals surface area contributed by atoms with Crippen molar-refractivity contribution in [3.63, 3.8) is 0 Å². The van der Waals surface area contributed by atoms with Gasteiger partial charge in [0.05, 0.1) is 82.9 Å². The smallest absolute Gasteiger partial charge is 0.305 e. The Bertz CT molecular complexity index is 2680. The Balaban J connectivity index is 1.07. The highest BCUT2D eigenvalue weighted by Gasteiger charge is 2.36. The molecule has 1 atom stereocenters. The fraction of sp³-hybridized carbons (Fsp3) is 0.352. The van der Waals surface area contributed by atoms with Gasteiger partial charge in [0.1, 0.15) is 13.2 Å². The van der Waals surface area contributed by atoms with E-state index < -0.39 is 0 Å². The lowest BCUT2D eigenvalue weighted by Crippen LogP contribution is -2.37. The monoisotopic (exact) mass is 953 g/mol. The minimum atomic E-state index is -0.311. The summed E-state index contributed by atoms with van der Waals surface area (Å²) in [7, 11) is 6.08. The van der Waals surface area contributed by atoms with Crippen LogP contribution in [-0.4, -0.2) is 111 Å². The van der Waals surface area contributed by atoms with Gasteiger partial charge in [-0.3, -0.25) is 29.3 Å². The fourth-order valence-corrected chi connectivity index (χ4v) is 8.67. The molecule has 5 aromatic carbocycles. The van der Waals surface area contributed by atoms with Crippen LogP contribution in [0.5, 0.6) is 23.0 Å². The third-order valence-corrected chi connectivity index (χ3v) is 12.2. The fourth-order valence-electron chi connectivity index (χ4n) is 8.67. The van der Waals surface area contributed by atoms with Gasteiger partial charge in [0.2, 0.25) is 0 Å². The molecule has 0 radical (unpaired) electrons. The molecule has 0 unspecified atom stereocenters. The molecule has 0 saturated heterocycles. The number of aliphatic imine (C=N–C) groups is 2. The first-order valence-electron chi connectivity index (χ1n) is 23.4. The number of nitrogens with zero attached hydrogens (tertiary/aromatic N) is 4. The minimum Gasteiger partial charge on any atom is -0.493 e. The van der Waals surface area contributed by atoms with Crippen LogP contribution < -0.4 is 34.1 Å². The molecule has 8 rings (SSSR count). The summed E-state index contributed by atoms with van der Waals surface area (Å²) in [6.07, 6.45) is 6.47. The van der Waals surface area contributed by atoms with Gasteiger partial charge in [-0.2, -0.15) is 0 Å². The Morgan fingerprint density at radius 1 is 0.714 bits per heavy atom. The number of benzene rings is 5. The first kappa shape index (κ1) is 49.2. The lowest BCUT2D eigenvalue weighted by Gasteiger charge is -2.26. The molecule has 5 aromatic rings. The number of nitrogens with one attached hydrogen (secondary N) is 1. The highest BCUT2D eigenvalue weighted by Crippen LogP contribution is 2.42. The molecule has 2 amide bonds. The van der Waals surface area contributed by atoms with E-state index in [4.69, 9.17) is 47.9 Å². The van der Waals surface area contributed by atoms with Gasteiger partial charge in [-0.15, -0.1) is 0 Å². The summed E-state index contributed by atoms with van der Waals surface area (Å²) in [5, 5.41) is 3.05. The number of amides is 2. The third kappa shape index (κ3) is 11.9. The zero-order valence-corrected chi connectivity index (χ0v) is 40.1. The second kappa shape index (κ2) is 23.8. The van der Waals surface area contributed by atoms with Gasteiger partial charge in [0.25, 0.3) is 11.8 Å². The predicted octanol–water partition coefficient (Wildman–Crippen LogP) is 8.49. The quantitative estimate of drug-likeness (QED) is 0.0520. The number of para-hydroxylation sites is 2. The topological polar surface area (TPSA) is 168 Å². The molecule has 70 heavy (non-hydrogen) atoms. The van der Waals surface area contributed by atoms with Crippen LogP contribution in [0.25, 0.3) is 0 Å². The zero-order chi connectivity index (χ0) is 48.8. The van der Waals surface area contributed by atoms with Gasteiger partial charge in [0.15, 0.2) is 23.0 Å². The Kier molecular flexibility index (Phi) is 16.7. The van der Waals surface area contributed by atoms with Gasteiger partial charge >= 0.3 is 5.97 Å². The van der Waals surface area contributed by atoms with Crippen LogP contribution in [0.4, 0.5) is 28.4 Å². The summed E-state index contributed by atoms with van der Waals surface area (Å²) in [4.78, 5) is 53.5. The van der Waals surface area contributed by atoms with Crippen molar-refractivity contribution in [1.29, 1.82) is 0 Å². The van der Waals surface area contributed by atoms with Crippen molar-refractivity contribution in [1.82, 2.24) is 0 Å². The standard InChI is InChI=1S/C54H59N5O11/c1-63-21-22-68-24-23-67-20-19-58(18-10-16-52(60)66-4)40-26-36(34-69-50-31-45-42(29-48(50)64-2)53(61)57-44-14-7-5-11-38(44)13-9-17-55-45)25-37(27-40)35-70-51-32-46-43(30-49(51)65-3)54(62)59-41(33-56-46)28-39-12-6-8-15-47(39)59/h5-8,11-12,14-15,17,25-27,29-33,41H,9-10,13,16,18-24,28,34-35H2,1-4H3,(H,57,61)/b55-17-/t41-/m0/s1. The van der Waals surface area contributed by atoms with Crippen molar-refractivity contribution in [3.05, 3.63) is 124 Å². The van der Waals surface area contributed by atoms with Crippen LogP contribution in [0, 0.1) is 0 Å². The molecule has 3 aliphatic rings. The number of hydrogen-bond donors (Lipinski definition) is 1. The summed E-state index contributed by atoms with van der Waals surface area (Å²) >= 11 is 0. The van der Waals surface area contributed by atoms with Crippen molar-refractivity contribution in [2.45, 2.75) is 51.4 Å². The summed E-state index contributed by atoms with van der Waals surface area (Å²) in [6.45, 7) is 3.42. The summed E-state index contributed by atoms with van der Waals surface area (Å²) < 4.78 is 46.3. The molecular formula is C54H59N5O11. The number of anilines is 3. The number of carbonyl (C=O) groups is 3. The van der Waals surface area contributed by atoms with Crippen molar-refractivity contribution in [2.24, 2.45) is 9.98 Å². The molecule has 0 aliphatic carbocycles. The first-order valence-corrected chi connectivity index (χ1v) is 23.4. The van der Waals surface area contributed by atoms with E-state index in [1.54, 1.807) is 43.4 Å². The SMILES string of the molecule is COCCOCCOCCN(CCCC(=O)OC)c1cc(COc2cc3c(cc2OC)C(=O)N2c4ccccc4C[C@H]2C=N3)cc(COc2cc3c(cc2OC)C(=O)Nc2ccccc2CC/C=N\3)c1. The maximum atomic E-state index is 14.1. The van der Waals surface area contributed by atoms with Gasteiger partial charge in [-0.1, -0.05) is 36.4 Å². The van der Waals surface area contributed by atoms with E-state index in [0.29, 0.717) is 117 Å². The maximum Gasteiger partial charge on any atom is 0.305 e.